The Balaban J connectivity index is 1.95. The number of rotatable bonds is 10. The standard InChI is InChI=1S/C13H24N4OS/c1-2-3-4-5-6-7-8-9-10-15-11(18)12-16-17-13(14)19-12/h2-10H2,1H3,(H2,14,17)(H,15,18). The van der Waals surface area contributed by atoms with E-state index < -0.39 is 0 Å². The van der Waals surface area contributed by atoms with Crippen LogP contribution in [0.4, 0.5) is 5.13 Å². The molecule has 1 aromatic heterocycles. The molecule has 1 aromatic rings. The van der Waals surface area contributed by atoms with Crippen molar-refractivity contribution in [3.8, 4) is 0 Å². The molecule has 0 bridgehead atoms. The van der Waals surface area contributed by atoms with Crippen LogP contribution in [0.1, 0.15) is 68.1 Å². The van der Waals surface area contributed by atoms with Crippen molar-refractivity contribution in [2.24, 2.45) is 0 Å². The molecule has 3 N–H and O–H groups in total. The van der Waals surface area contributed by atoms with Gasteiger partial charge in [0.05, 0.1) is 0 Å². The molecule has 1 heterocycles. The van der Waals surface area contributed by atoms with E-state index in [9.17, 15) is 4.79 Å². The average Bonchev–Trinajstić information content (AvgIpc) is 2.83. The molecule has 0 spiro atoms. The maximum absolute atomic E-state index is 11.6. The summed E-state index contributed by atoms with van der Waals surface area (Å²) in [6.07, 6.45) is 10.1. The van der Waals surface area contributed by atoms with Gasteiger partial charge < -0.3 is 11.1 Å². The van der Waals surface area contributed by atoms with Crippen LogP contribution in [0.2, 0.25) is 0 Å². The van der Waals surface area contributed by atoms with Crippen molar-refractivity contribution in [1.82, 2.24) is 15.5 Å². The lowest BCUT2D eigenvalue weighted by Gasteiger charge is -2.03. The predicted molar refractivity (Wildman–Crippen MR) is 79.3 cm³/mol. The fraction of sp³-hybridized carbons (Fsp3) is 0.769. The summed E-state index contributed by atoms with van der Waals surface area (Å²) >= 11 is 1.12. The molecule has 0 unspecified atom stereocenters. The van der Waals surface area contributed by atoms with Gasteiger partial charge in [0, 0.05) is 6.54 Å². The quantitative estimate of drug-likeness (QED) is 0.647. The SMILES string of the molecule is CCCCCCCCCCNC(=O)c1nnc(N)s1. The zero-order valence-corrected chi connectivity index (χ0v) is 12.5. The van der Waals surface area contributed by atoms with Crippen LogP contribution >= 0.6 is 11.3 Å². The molecule has 0 aliphatic carbocycles. The number of nitrogen functional groups attached to an aromatic ring is 1. The van der Waals surface area contributed by atoms with E-state index in [4.69, 9.17) is 5.73 Å². The number of nitrogens with two attached hydrogens (primary N) is 1. The third-order valence-electron chi connectivity index (χ3n) is 2.95. The second-order valence-electron chi connectivity index (χ2n) is 4.68. The van der Waals surface area contributed by atoms with E-state index in [1.165, 1.54) is 44.9 Å². The largest absolute Gasteiger partial charge is 0.374 e. The molecule has 0 aliphatic heterocycles. The van der Waals surface area contributed by atoms with Gasteiger partial charge in [0.25, 0.3) is 5.91 Å². The summed E-state index contributed by atoms with van der Waals surface area (Å²) in [4.78, 5) is 11.6. The monoisotopic (exact) mass is 284 g/mol. The number of carbonyl (C=O) groups is 1. The van der Waals surface area contributed by atoms with Gasteiger partial charge in [-0.05, 0) is 6.42 Å². The number of hydrogen-bond acceptors (Lipinski definition) is 5. The molecule has 0 fully saturated rings. The minimum atomic E-state index is -0.169. The summed E-state index contributed by atoms with van der Waals surface area (Å²) in [5.74, 6) is -0.169. The van der Waals surface area contributed by atoms with Crippen LogP contribution in [-0.2, 0) is 0 Å². The first-order chi connectivity index (χ1) is 9.24. The highest BCUT2D eigenvalue weighted by Crippen LogP contribution is 2.11. The minimum Gasteiger partial charge on any atom is -0.374 e. The third-order valence-corrected chi connectivity index (χ3v) is 3.70. The van der Waals surface area contributed by atoms with Crippen molar-refractivity contribution in [3.05, 3.63) is 5.01 Å². The predicted octanol–water partition coefficient (Wildman–Crippen LogP) is 2.99. The minimum absolute atomic E-state index is 0.169. The molecular formula is C13H24N4OS. The Labute approximate surface area is 119 Å². The van der Waals surface area contributed by atoms with Crippen LogP contribution < -0.4 is 11.1 Å². The summed E-state index contributed by atoms with van der Waals surface area (Å²) in [5, 5.41) is 10.8. The molecule has 0 atom stereocenters. The average molecular weight is 284 g/mol. The number of amides is 1. The Kier molecular flexibility index (Phi) is 8.13. The van der Waals surface area contributed by atoms with Crippen LogP contribution in [0.3, 0.4) is 0 Å². The molecular weight excluding hydrogens is 260 g/mol. The summed E-state index contributed by atoms with van der Waals surface area (Å²) in [7, 11) is 0. The van der Waals surface area contributed by atoms with Gasteiger partial charge in [-0.2, -0.15) is 0 Å². The highest BCUT2D eigenvalue weighted by atomic mass is 32.1. The number of nitrogens with zero attached hydrogens (tertiary/aromatic N) is 2. The second-order valence-corrected chi connectivity index (χ2v) is 5.69. The molecule has 108 valence electrons. The van der Waals surface area contributed by atoms with Crippen molar-refractivity contribution in [2.45, 2.75) is 58.3 Å². The second kappa shape index (κ2) is 9.72. The number of aromatic nitrogens is 2. The van der Waals surface area contributed by atoms with E-state index in [1.807, 2.05) is 0 Å². The fourth-order valence-electron chi connectivity index (χ4n) is 1.86. The lowest BCUT2D eigenvalue weighted by molar-refractivity contribution is 0.0952. The van der Waals surface area contributed by atoms with Gasteiger partial charge in [-0.3, -0.25) is 4.79 Å². The van der Waals surface area contributed by atoms with Gasteiger partial charge in [-0.15, -0.1) is 10.2 Å². The van der Waals surface area contributed by atoms with Crippen molar-refractivity contribution < 1.29 is 4.79 Å². The summed E-state index contributed by atoms with van der Waals surface area (Å²) in [5.41, 5.74) is 5.43. The summed E-state index contributed by atoms with van der Waals surface area (Å²) in [6, 6.07) is 0. The number of hydrogen-bond donors (Lipinski definition) is 2. The molecule has 0 saturated heterocycles. The van der Waals surface area contributed by atoms with Gasteiger partial charge in [0.2, 0.25) is 10.1 Å². The zero-order valence-electron chi connectivity index (χ0n) is 11.7. The Hall–Kier alpha value is -1.17. The van der Waals surface area contributed by atoms with Crippen molar-refractivity contribution >= 4 is 22.4 Å². The Morgan fingerprint density at radius 1 is 1.11 bits per heavy atom. The van der Waals surface area contributed by atoms with E-state index in [0.29, 0.717) is 16.7 Å². The van der Waals surface area contributed by atoms with E-state index in [2.05, 4.69) is 22.4 Å². The maximum atomic E-state index is 11.6. The van der Waals surface area contributed by atoms with Gasteiger partial charge in [0.1, 0.15) is 0 Å². The number of nitrogens with one attached hydrogen (secondary N) is 1. The van der Waals surface area contributed by atoms with Crippen LogP contribution in [0.25, 0.3) is 0 Å². The molecule has 1 rings (SSSR count). The van der Waals surface area contributed by atoms with E-state index >= 15 is 0 Å². The van der Waals surface area contributed by atoms with E-state index in [0.717, 1.165) is 17.8 Å². The molecule has 19 heavy (non-hydrogen) atoms. The van der Waals surface area contributed by atoms with Gasteiger partial charge >= 0.3 is 0 Å². The van der Waals surface area contributed by atoms with Crippen LogP contribution in [-0.4, -0.2) is 22.6 Å². The smallest absolute Gasteiger partial charge is 0.282 e. The molecule has 0 aliphatic rings. The zero-order chi connectivity index (χ0) is 13.9. The van der Waals surface area contributed by atoms with Gasteiger partial charge in [-0.25, -0.2) is 0 Å². The third kappa shape index (κ3) is 7.10. The first kappa shape index (κ1) is 15.9. The Morgan fingerprint density at radius 2 is 1.74 bits per heavy atom. The molecule has 1 amide bonds. The van der Waals surface area contributed by atoms with Gasteiger partial charge in [0.15, 0.2) is 0 Å². The highest BCUT2D eigenvalue weighted by Gasteiger charge is 2.10. The first-order valence-corrected chi connectivity index (χ1v) is 7.93. The van der Waals surface area contributed by atoms with Crippen LogP contribution in [0.15, 0.2) is 0 Å². The number of unbranched alkanes of at least 4 members (excludes halogenated alkanes) is 7. The molecule has 0 saturated carbocycles. The van der Waals surface area contributed by atoms with Crippen molar-refractivity contribution in [2.75, 3.05) is 12.3 Å². The molecule has 6 heteroatoms. The number of carbonyl (C=O) groups excluding carboxylic acids is 1. The molecule has 0 radical (unpaired) electrons. The topological polar surface area (TPSA) is 80.9 Å². The lowest BCUT2D eigenvalue weighted by atomic mass is 10.1. The number of anilines is 1. The normalized spacial score (nSPS) is 10.6. The highest BCUT2D eigenvalue weighted by molar-refractivity contribution is 7.16. The fourth-order valence-corrected chi connectivity index (χ4v) is 2.39. The van der Waals surface area contributed by atoms with E-state index in [-0.39, 0.29) is 5.91 Å². The molecule has 5 nitrogen and oxygen atoms in total. The van der Waals surface area contributed by atoms with E-state index in [1.54, 1.807) is 0 Å². The van der Waals surface area contributed by atoms with Crippen molar-refractivity contribution in [3.63, 3.8) is 0 Å². The summed E-state index contributed by atoms with van der Waals surface area (Å²) in [6.45, 7) is 2.93. The molecule has 0 aromatic carbocycles. The Bertz CT molecular complexity index is 367. The van der Waals surface area contributed by atoms with Crippen LogP contribution in [0, 0.1) is 0 Å². The summed E-state index contributed by atoms with van der Waals surface area (Å²) < 4.78 is 0. The lowest BCUT2D eigenvalue weighted by Crippen LogP contribution is -2.24. The first-order valence-electron chi connectivity index (χ1n) is 7.11. The Morgan fingerprint density at radius 3 is 2.32 bits per heavy atom. The van der Waals surface area contributed by atoms with Gasteiger partial charge in [-0.1, -0.05) is 63.2 Å². The maximum Gasteiger partial charge on any atom is 0.282 e. The van der Waals surface area contributed by atoms with Crippen molar-refractivity contribution in [1.29, 1.82) is 0 Å². The van der Waals surface area contributed by atoms with Crippen LogP contribution in [0.5, 0.6) is 0 Å².